The van der Waals surface area contributed by atoms with Crippen LogP contribution in [-0.4, -0.2) is 89.4 Å². The third kappa shape index (κ3) is 9.10. The Morgan fingerprint density at radius 2 is 1.82 bits per heavy atom. The molecule has 2 amide bonds. The predicted octanol–water partition coefficient (Wildman–Crippen LogP) is 5.47. The van der Waals surface area contributed by atoms with Gasteiger partial charge in [-0.25, -0.2) is 17.6 Å². The average molecular weight is 722 g/mol. The molecule has 1 aromatic carbocycles. The number of amides is 2. The number of halogens is 2. The summed E-state index contributed by atoms with van der Waals surface area (Å²) in [5.41, 5.74) is 7.25. The number of ether oxygens (including phenoxy) is 2. The number of piperazine rings is 1. The quantitative estimate of drug-likeness (QED) is 0.365. The van der Waals surface area contributed by atoms with Crippen LogP contribution in [0.5, 0.6) is 0 Å². The molecule has 3 aliphatic heterocycles. The first-order valence-corrected chi connectivity index (χ1v) is 19.1. The Morgan fingerprint density at radius 3 is 2.47 bits per heavy atom. The fourth-order valence-electron chi connectivity index (χ4n) is 7.63. The number of nitrogens with two attached hydrogens (primary N) is 1. The molecule has 8 atom stereocenters. The van der Waals surface area contributed by atoms with Gasteiger partial charge in [0.1, 0.15) is 11.4 Å². The second-order valence-corrected chi connectivity index (χ2v) is 17.2. The van der Waals surface area contributed by atoms with E-state index >= 15 is 4.39 Å². The van der Waals surface area contributed by atoms with Crippen LogP contribution in [0.3, 0.4) is 0 Å². The monoisotopic (exact) mass is 721 g/mol. The van der Waals surface area contributed by atoms with Crippen LogP contribution in [0.15, 0.2) is 36.7 Å². The van der Waals surface area contributed by atoms with Crippen molar-refractivity contribution in [3.8, 4) is 0 Å². The smallest absolute Gasteiger partial charge is 0.410 e. The number of nitrogens with one attached hydrogen (secondary N) is 1. The minimum atomic E-state index is -3.59. The number of aromatic nitrogens is 1. The zero-order valence-corrected chi connectivity index (χ0v) is 30.5. The molecule has 1 aromatic heterocycles. The molecule has 11 nitrogen and oxygen atoms in total. The van der Waals surface area contributed by atoms with Crippen LogP contribution in [0, 0.1) is 11.7 Å². The van der Waals surface area contributed by atoms with Gasteiger partial charge in [0, 0.05) is 41.7 Å². The molecule has 3 saturated heterocycles. The molecule has 0 saturated carbocycles. The Balaban J connectivity index is 1.37. The van der Waals surface area contributed by atoms with E-state index in [4.69, 9.17) is 26.8 Å². The number of nitrogens with zero attached hydrogens (tertiary/aromatic N) is 3. The molecule has 5 rings (SSSR count). The van der Waals surface area contributed by atoms with Gasteiger partial charge in [0.2, 0.25) is 15.9 Å². The summed E-state index contributed by atoms with van der Waals surface area (Å²) in [4.78, 5) is 32.7. The fourth-order valence-corrected chi connectivity index (χ4v) is 9.55. The summed E-state index contributed by atoms with van der Waals surface area (Å²) in [5, 5.41) is 3.41. The summed E-state index contributed by atoms with van der Waals surface area (Å²) in [6.07, 6.45) is 4.62. The number of fused-ring (bicyclic) bond motifs is 2. The molecule has 270 valence electrons. The number of hydrogen-bond donors (Lipinski definition) is 2. The summed E-state index contributed by atoms with van der Waals surface area (Å²) in [5.74, 6) is -1.47. The van der Waals surface area contributed by atoms with Gasteiger partial charge in [-0.3, -0.25) is 9.78 Å². The highest BCUT2D eigenvalue weighted by Gasteiger charge is 2.44. The highest BCUT2D eigenvalue weighted by molar-refractivity contribution is 7.89. The lowest BCUT2D eigenvalue weighted by Crippen LogP contribution is -2.60. The van der Waals surface area contributed by atoms with E-state index in [0.717, 1.165) is 11.8 Å². The molecule has 2 aromatic rings. The van der Waals surface area contributed by atoms with Crippen LogP contribution in [0.25, 0.3) is 0 Å². The van der Waals surface area contributed by atoms with Gasteiger partial charge in [0.15, 0.2) is 0 Å². The van der Waals surface area contributed by atoms with Crippen LogP contribution in [0.2, 0.25) is 5.02 Å². The number of hydrogen-bond acceptors (Lipinski definition) is 8. The van der Waals surface area contributed by atoms with Gasteiger partial charge >= 0.3 is 6.09 Å². The highest BCUT2D eigenvalue weighted by Crippen LogP contribution is 2.39. The van der Waals surface area contributed by atoms with Crippen molar-refractivity contribution in [1.29, 1.82) is 0 Å². The Kier molecular flexibility index (Phi) is 11.6. The normalized spacial score (nSPS) is 28.2. The molecule has 0 radical (unpaired) electrons. The largest absolute Gasteiger partial charge is 0.444 e. The SMILES string of the molecule is C[C@@H]1C[C@H]([C@H](c2ccc(Cl)cc2)[C@H](N)C(=O)Nc2cncc(F)c2CC[C@H]2CN(C(=O)OC(C)(C)C)[C@@H]3CCCS(=O)(=O)N2C3)C[C@H](C)O1. The number of sulfonamides is 1. The molecule has 49 heavy (non-hydrogen) atoms. The molecule has 3 N–H and O–H groups in total. The molecule has 3 fully saturated rings. The summed E-state index contributed by atoms with van der Waals surface area (Å²) < 4.78 is 55.1. The molecule has 3 aliphatic rings. The van der Waals surface area contributed by atoms with E-state index in [1.165, 1.54) is 10.5 Å². The third-order valence-corrected chi connectivity index (χ3v) is 12.0. The van der Waals surface area contributed by atoms with E-state index in [-0.39, 0.29) is 73.0 Å². The first kappa shape index (κ1) is 37.4. The van der Waals surface area contributed by atoms with Gasteiger partial charge in [0.05, 0.1) is 42.1 Å². The van der Waals surface area contributed by atoms with Crippen LogP contribution in [0.1, 0.15) is 83.8 Å². The Morgan fingerprint density at radius 1 is 1.14 bits per heavy atom. The van der Waals surface area contributed by atoms with Crippen molar-refractivity contribution in [2.24, 2.45) is 11.7 Å². The lowest BCUT2D eigenvalue weighted by atomic mass is 9.74. The van der Waals surface area contributed by atoms with Gasteiger partial charge in [-0.1, -0.05) is 23.7 Å². The van der Waals surface area contributed by atoms with Gasteiger partial charge in [-0.05, 0) is 96.8 Å². The van der Waals surface area contributed by atoms with Crippen molar-refractivity contribution in [3.05, 3.63) is 58.6 Å². The van der Waals surface area contributed by atoms with Crippen molar-refractivity contribution < 1.29 is 31.9 Å². The molecular formula is C35H49ClFN5O6S. The number of anilines is 1. The van der Waals surface area contributed by atoms with Gasteiger partial charge in [-0.2, -0.15) is 4.31 Å². The molecule has 1 unspecified atom stereocenters. The second kappa shape index (κ2) is 15.2. The molecule has 4 heterocycles. The van der Waals surface area contributed by atoms with Crippen molar-refractivity contribution in [2.75, 3.05) is 24.2 Å². The second-order valence-electron chi connectivity index (χ2n) is 14.7. The van der Waals surface area contributed by atoms with Crippen molar-refractivity contribution in [3.63, 3.8) is 0 Å². The third-order valence-electron chi connectivity index (χ3n) is 9.75. The zero-order chi connectivity index (χ0) is 35.7. The summed E-state index contributed by atoms with van der Waals surface area (Å²) in [6.45, 7) is 9.63. The van der Waals surface area contributed by atoms with Crippen LogP contribution >= 0.6 is 11.6 Å². The van der Waals surface area contributed by atoms with E-state index in [9.17, 15) is 18.0 Å². The molecule has 0 aliphatic carbocycles. The standard InChI is InChI=1S/C35H49ClFN5O6S/c1-21-15-24(16-22(2)47-21)31(23-8-10-25(36)11-9-23)32(38)33(43)40-30-18-39-17-29(37)28(30)13-12-27-19-41(34(44)48-35(3,4)5)26-7-6-14-49(45,46)42(27)20-26/h8-11,17-18,21-22,24,26-27,31-32H,6-7,12-16,19-20,38H2,1-5H3,(H,40,43)/t21-,22+,24+,26-,27+,31+,32+/m1/s1. The van der Waals surface area contributed by atoms with Gasteiger partial charge in [0.25, 0.3) is 0 Å². The number of carbonyl (C=O) groups is 2. The molecule has 2 bridgehead atoms. The van der Waals surface area contributed by atoms with Gasteiger partial charge < -0.3 is 25.4 Å². The minimum absolute atomic E-state index is 0.00726. The van der Waals surface area contributed by atoms with Crippen LogP contribution in [0.4, 0.5) is 14.9 Å². The molecule has 14 heteroatoms. The lowest BCUT2D eigenvalue weighted by Gasteiger charge is -2.44. The van der Waals surface area contributed by atoms with E-state index < -0.39 is 45.5 Å². The van der Waals surface area contributed by atoms with Crippen molar-refractivity contribution in [2.45, 2.75) is 115 Å². The van der Waals surface area contributed by atoms with Crippen molar-refractivity contribution in [1.82, 2.24) is 14.2 Å². The Bertz CT molecular complexity index is 1600. The predicted molar refractivity (Wildman–Crippen MR) is 186 cm³/mol. The zero-order valence-electron chi connectivity index (χ0n) is 28.9. The Labute approximate surface area is 294 Å². The Hall–Kier alpha value is -2.84. The van der Waals surface area contributed by atoms with Crippen LogP contribution < -0.4 is 11.1 Å². The fraction of sp³-hybridized carbons (Fsp3) is 0.629. The molecule has 0 spiro atoms. The van der Waals surface area contributed by atoms with Crippen molar-refractivity contribution >= 4 is 39.3 Å². The van der Waals surface area contributed by atoms with E-state index in [0.29, 0.717) is 30.7 Å². The lowest BCUT2D eigenvalue weighted by molar-refractivity contribution is -0.119. The highest BCUT2D eigenvalue weighted by atomic mass is 35.5. The first-order valence-electron chi connectivity index (χ1n) is 17.1. The molecular weight excluding hydrogens is 673 g/mol. The maximum atomic E-state index is 15.5. The number of benzene rings is 1. The van der Waals surface area contributed by atoms with E-state index in [2.05, 4.69) is 10.3 Å². The summed E-state index contributed by atoms with van der Waals surface area (Å²) >= 11 is 6.18. The van der Waals surface area contributed by atoms with E-state index in [1.54, 1.807) is 37.8 Å². The number of carbonyl (C=O) groups excluding carboxylic acids is 2. The minimum Gasteiger partial charge on any atom is -0.444 e. The van der Waals surface area contributed by atoms with E-state index in [1.807, 2.05) is 26.0 Å². The number of rotatable bonds is 8. The topological polar surface area (TPSA) is 144 Å². The maximum absolute atomic E-state index is 15.5. The summed E-state index contributed by atoms with van der Waals surface area (Å²) in [6, 6.07) is 5.40. The average Bonchev–Trinajstić information content (AvgIpc) is 3.13. The van der Waals surface area contributed by atoms with Gasteiger partial charge in [-0.15, -0.1) is 0 Å². The summed E-state index contributed by atoms with van der Waals surface area (Å²) in [7, 11) is -3.59. The number of pyridine rings is 1. The van der Waals surface area contributed by atoms with Crippen LogP contribution in [-0.2, 0) is 30.7 Å². The maximum Gasteiger partial charge on any atom is 0.410 e. The first-order chi connectivity index (χ1) is 23.0.